The maximum Gasteiger partial charge on any atom is 0.256 e. The molecule has 0 bridgehead atoms. The highest BCUT2D eigenvalue weighted by Crippen LogP contribution is 2.38. The summed E-state index contributed by atoms with van der Waals surface area (Å²) in [5.41, 5.74) is 0.758. The standard InChI is InChI=1S/C10H14IN3O/c1-3-10(4-5-10)13-9(15)7-6-12-14(2)8(7)11/h6H,3-5H2,1-2H3,(H,13,15). The molecule has 0 atom stereocenters. The van der Waals surface area contributed by atoms with E-state index in [9.17, 15) is 4.79 Å². The Bertz CT molecular complexity index is 395. The van der Waals surface area contributed by atoms with Gasteiger partial charge in [-0.15, -0.1) is 0 Å². The first-order valence-electron chi connectivity index (χ1n) is 5.08. The number of aromatic nitrogens is 2. The van der Waals surface area contributed by atoms with Crippen molar-refractivity contribution in [3.63, 3.8) is 0 Å². The molecule has 5 heteroatoms. The minimum atomic E-state index is 0.00634. The summed E-state index contributed by atoms with van der Waals surface area (Å²) in [5.74, 6) is 0.00634. The summed E-state index contributed by atoms with van der Waals surface area (Å²) >= 11 is 2.14. The van der Waals surface area contributed by atoms with Crippen LogP contribution >= 0.6 is 22.6 Å². The number of rotatable bonds is 3. The second kappa shape index (κ2) is 3.77. The van der Waals surface area contributed by atoms with Crippen LogP contribution in [-0.4, -0.2) is 21.2 Å². The van der Waals surface area contributed by atoms with Crippen LogP contribution in [0.4, 0.5) is 0 Å². The van der Waals surface area contributed by atoms with Gasteiger partial charge in [0.1, 0.15) is 3.70 Å². The Hall–Kier alpha value is -0.590. The van der Waals surface area contributed by atoms with Gasteiger partial charge in [-0.3, -0.25) is 9.48 Å². The molecule has 0 aliphatic heterocycles. The fourth-order valence-corrected chi connectivity index (χ4v) is 2.11. The largest absolute Gasteiger partial charge is 0.346 e. The second-order valence-electron chi connectivity index (χ2n) is 4.06. The molecule has 0 aromatic carbocycles. The van der Waals surface area contributed by atoms with Crippen LogP contribution < -0.4 is 5.32 Å². The first kappa shape index (κ1) is 10.9. The Labute approximate surface area is 103 Å². The topological polar surface area (TPSA) is 46.9 Å². The highest BCUT2D eigenvalue weighted by atomic mass is 127. The van der Waals surface area contributed by atoms with E-state index in [-0.39, 0.29) is 11.4 Å². The third-order valence-corrected chi connectivity index (χ3v) is 4.30. The highest BCUT2D eigenvalue weighted by molar-refractivity contribution is 14.1. The molecule has 1 aromatic heterocycles. The monoisotopic (exact) mass is 319 g/mol. The minimum Gasteiger partial charge on any atom is -0.346 e. The predicted molar refractivity (Wildman–Crippen MR) is 65.6 cm³/mol. The van der Waals surface area contributed by atoms with Crippen LogP contribution in [0.5, 0.6) is 0 Å². The van der Waals surface area contributed by atoms with Crippen molar-refractivity contribution in [3.05, 3.63) is 15.5 Å². The molecule has 1 aromatic rings. The molecule has 82 valence electrons. The van der Waals surface area contributed by atoms with Gasteiger partial charge in [-0.25, -0.2) is 0 Å². The number of carbonyl (C=O) groups excluding carboxylic acids is 1. The summed E-state index contributed by atoms with van der Waals surface area (Å²) < 4.78 is 2.60. The molecular formula is C10H14IN3O. The van der Waals surface area contributed by atoms with Crippen molar-refractivity contribution in [2.24, 2.45) is 7.05 Å². The number of nitrogens with one attached hydrogen (secondary N) is 1. The Morgan fingerprint density at radius 3 is 2.80 bits per heavy atom. The van der Waals surface area contributed by atoms with E-state index in [1.165, 1.54) is 0 Å². The third-order valence-electron chi connectivity index (χ3n) is 3.02. The maximum absolute atomic E-state index is 11.9. The summed E-state index contributed by atoms with van der Waals surface area (Å²) in [7, 11) is 1.84. The quantitative estimate of drug-likeness (QED) is 0.862. The van der Waals surface area contributed by atoms with Crippen molar-refractivity contribution in [2.45, 2.75) is 31.7 Å². The van der Waals surface area contributed by atoms with Crippen LogP contribution in [0.3, 0.4) is 0 Å². The summed E-state index contributed by atoms with van der Waals surface area (Å²) in [6.07, 6.45) is 4.84. The zero-order valence-corrected chi connectivity index (χ0v) is 11.0. The summed E-state index contributed by atoms with van der Waals surface area (Å²) in [4.78, 5) is 11.9. The van der Waals surface area contributed by atoms with Gasteiger partial charge in [0.2, 0.25) is 0 Å². The number of halogens is 1. The van der Waals surface area contributed by atoms with Crippen molar-refractivity contribution in [2.75, 3.05) is 0 Å². The lowest BCUT2D eigenvalue weighted by Crippen LogP contribution is -2.36. The van der Waals surface area contributed by atoms with Crippen LogP contribution in [0.2, 0.25) is 0 Å². The second-order valence-corrected chi connectivity index (χ2v) is 5.08. The zero-order valence-electron chi connectivity index (χ0n) is 8.88. The minimum absolute atomic E-state index is 0.00634. The lowest BCUT2D eigenvalue weighted by Gasteiger charge is -2.14. The molecule has 1 saturated carbocycles. The van der Waals surface area contributed by atoms with Gasteiger partial charge in [-0.1, -0.05) is 6.92 Å². The number of hydrogen-bond acceptors (Lipinski definition) is 2. The molecule has 0 spiro atoms. The van der Waals surface area contributed by atoms with E-state index in [0.717, 1.165) is 23.0 Å². The van der Waals surface area contributed by atoms with Crippen molar-refractivity contribution < 1.29 is 4.79 Å². The molecule has 1 aliphatic carbocycles. The van der Waals surface area contributed by atoms with Gasteiger partial charge in [0.15, 0.2) is 0 Å². The van der Waals surface area contributed by atoms with Crippen molar-refractivity contribution >= 4 is 28.5 Å². The average molecular weight is 319 g/mol. The SMILES string of the molecule is CCC1(NC(=O)c2cnn(C)c2I)CC1. The summed E-state index contributed by atoms with van der Waals surface area (Å²) in [6.45, 7) is 2.11. The van der Waals surface area contributed by atoms with Crippen molar-refractivity contribution in [3.8, 4) is 0 Å². The van der Waals surface area contributed by atoms with E-state index >= 15 is 0 Å². The molecular weight excluding hydrogens is 305 g/mol. The Kier molecular flexibility index (Phi) is 2.74. The molecule has 1 fully saturated rings. The maximum atomic E-state index is 11.9. The molecule has 0 saturated heterocycles. The van der Waals surface area contributed by atoms with Crippen LogP contribution in [0.1, 0.15) is 36.5 Å². The first-order chi connectivity index (χ1) is 7.08. The van der Waals surface area contributed by atoms with Crippen molar-refractivity contribution in [1.29, 1.82) is 0 Å². The van der Waals surface area contributed by atoms with E-state index in [0.29, 0.717) is 5.56 Å². The molecule has 1 amide bonds. The van der Waals surface area contributed by atoms with Crippen LogP contribution in [0.25, 0.3) is 0 Å². The van der Waals surface area contributed by atoms with Gasteiger partial charge in [0.05, 0.1) is 11.8 Å². The normalized spacial score (nSPS) is 17.5. The Balaban J connectivity index is 2.12. The first-order valence-corrected chi connectivity index (χ1v) is 6.16. The Morgan fingerprint density at radius 1 is 1.73 bits per heavy atom. The van der Waals surface area contributed by atoms with Gasteiger partial charge in [-0.05, 0) is 41.9 Å². The predicted octanol–water partition coefficient (Wildman–Crippen LogP) is 1.70. The molecule has 0 radical (unpaired) electrons. The fraction of sp³-hybridized carbons (Fsp3) is 0.600. The van der Waals surface area contributed by atoms with Gasteiger partial charge in [0, 0.05) is 12.6 Å². The average Bonchev–Trinajstić information content (AvgIpc) is 2.90. The summed E-state index contributed by atoms with van der Waals surface area (Å²) in [6, 6.07) is 0. The molecule has 0 unspecified atom stereocenters. The van der Waals surface area contributed by atoms with Gasteiger partial charge in [-0.2, -0.15) is 5.10 Å². The molecule has 1 N–H and O–H groups in total. The van der Waals surface area contributed by atoms with Crippen LogP contribution in [0.15, 0.2) is 6.20 Å². The highest BCUT2D eigenvalue weighted by Gasteiger charge is 2.42. The number of carbonyl (C=O) groups is 1. The van der Waals surface area contributed by atoms with Gasteiger partial charge < -0.3 is 5.32 Å². The van der Waals surface area contributed by atoms with E-state index in [2.05, 4.69) is 39.9 Å². The van der Waals surface area contributed by atoms with Crippen molar-refractivity contribution in [1.82, 2.24) is 15.1 Å². The number of nitrogens with zero attached hydrogens (tertiary/aromatic N) is 2. The Morgan fingerprint density at radius 2 is 2.40 bits per heavy atom. The van der Waals surface area contributed by atoms with Gasteiger partial charge in [0.25, 0.3) is 5.91 Å². The van der Waals surface area contributed by atoms with Gasteiger partial charge >= 0.3 is 0 Å². The smallest absolute Gasteiger partial charge is 0.256 e. The van der Waals surface area contributed by atoms with E-state index in [1.54, 1.807) is 10.9 Å². The summed E-state index contributed by atoms with van der Waals surface area (Å²) in [5, 5.41) is 7.15. The number of aryl methyl sites for hydroxylation is 1. The van der Waals surface area contributed by atoms with E-state index in [4.69, 9.17) is 0 Å². The third kappa shape index (κ3) is 2.02. The number of hydrogen-bond donors (Lipinski definition) is 1. The van der Waals surface area contributed by atoms with Crippen LogP contribution in [0, 0.1) is 3.70 Å². The molecule has 4 nitrogen and oxygen atoms in total. The van der Waals surface area contributed by atoms with E-state index in [1.807, 2.05) is 7.05 Å². The molecule has 15 heavy (non-hydrogen) atoms. The lowest BCUT2D eigenvalue weighted by molar-refractivity contribution is 0.0929. The fourth-order valence-electron chi connectivity index (χ4n) is 1.60. The van der Waals surface area contributed by atoms with E-state index < -0.39 is 0 Å². The molecule has 1 aliphatic rings. The lowest BCUT2D eigenvalue weighted by atomic mass is 10.2. The zero-order chi connectivity index (χ0) is 11.1. The number of amides is 1. The van der Waals surface area contributed by atoms with Crippen LogP contribution in [-0.2, 0) is 7.05 Å². The molecule has 2 rings (SSSR count). The molecule has 1 heterocycles.